The second kappa shape index (κ2) is 4.05. The van der Waals surface area contributed by atoms with E-state index in [0.717, 1.165) is 31.8 Å². The third-order valence-electron chi connectivity index (χ3n) is 3.95. The summed E-state index contributed by atoms with van der Waals surface area (Å²) in [4.78, 5) is 22.3. The molecule has 0 aromatic heterocycles. The van der Waals surface area contributed by atoms with Crippen LogP contribution in [0.25, 0.3) is 0 Å². The van der Waals surface area contributed by atoms with Crippen molar-refractivity contribution in [2.24, 2.45) is 5.92 Å². The van der Waals surface area contributed by atoms with E-state index < -0.39 is 0 Å². The van der Waals surface area contributed by atoms with Crippen LogP contribution in [0.1, 0.15) is 38.5 Å². The molecule has 1 spiro atoms. The normalized spacial score (nSPS) is 31.9. The van der Waals surface area contributed by atoms with Crippen LogP contribution in [0, 0.1) is 5.92 Å². The number of carbonyl (C=O) groups excluding carboxylic acids is 2. The molecule has 3 heteroatoms. The van der Waals surface area contributed by atoms with E-state index in [0.29, 0.717) is 11.5 Å². The summed E-state index contributed by atoms with van der Waals surface area (Å²) in [5.74, 6) is 0.454. The average molecular weight is 209 g/mol. The topological polar surface area (TPSA) is 37.4 Å². The van der Waals surface area contributed by atoms with Crippen molar-refractivity contribution >= 4 is 12.6 Å². The molecule has 0 aromatic rings. The highest BCUT2D eigenvalue weighted by molar-refractivity contribution is 5.59. The number of carbonyl (C=O) groups is 2. The molecule has 1 saturated heterocycles. The Morgan fingerprint density at radius 3 is 1.93 bits per heavy atom. The van der Waals surface area contributed by atoms with Crippen molar-refractivity contribution in [2.45, 2.75) is 50.1 Å². The van der Waals surface area contributed by atoms with Gasteiger partial charge in [-0.2, -0.15) is 0 Å². The summed E-state index contributed by atoms with van der Waals surface area (Å²) in [6.07, 6.45) is 9.36. The number of rotatable bonds is 2. The summed E-state index contributed by atoms with van der Waals surface area (Å²) >= 11 is 0. The van der Waals surface area contributed by atoms with E-state index in [-0.39, 0.29) is 6.04 Å². The van der Waals surface area contributed by atoms with Gasteiger partial charge in [0.2, 0.25) is 0 Å². The zero-order chi connectivity index (χ0) is 10.9. The van der Waals surface area contributed by atoms with Gasteiger partial charge >= 0.3 is 0 Å². The first-order valence-electron chi connectivity index (χ1n) is 5.85. The Labute approximate surface area is 90.8 Å². The minimum absolute atomic E-state index is 0.225. The molecular formula is C12H19NO2. The first-order valence-corrected chi connectivity index (χ1v) is 5.85. The maximum atomic E-state index is 10.5. The molecule has 3 fully saturated rings. The SMILES string of the molecule is CN1C(C=O)CCC12CC2.O=CC1CC1. The Bertz CT molecular complexity index is 256. The second-order valence-corrected chi connectivity index (χ2v) is 5.05. The van der Waals surface area contributed by atoms with Gasteiger partial charge in [0.1, 0.15) is 12.6 Å². The average Bonchev–Trinajstić information content (AvgIpc) is 3.14. The summed E-state index contributed by atoms with van der Waals surface area (Å²) in [6.45, 7) is 0. The summed E-state index contributed by atoms with van der Waals surface area (Å²) in [5.41, 5.74) is 0.478. The molecule has 3 nitrogen and oxygen atoms in total. The van der Waals surface area contributed by atoms with Gasteiger partial charge in [-0.25, -0.2) is 0 Å². The first-order chi connectivity index (χ1) is 7.22. The molecule has 0 aromatic carbocycles. The van der Waals surface area contributed by atoms with Crippen LogP contribution < -0.4 is 0 Å². The van der Waals surface area contributed by atoms with E-state index in [1.165, 1.54) is 19.3 Å². The molecule has 0 bridgehead atoms. The lowest BCUT2D eigenvalue weighted by atomic mass is 10.2. The van der Waals surface area contributed by atoms with E-state index in [4.69, 9.17) is 0 Å². The molecule has 3 aliphatic rings. The second-order valence-electron chi connectivity index (χ2n) is 5.05. The maximum absolute atomic E-state index is 10.5. The molecule has 0 amide bonds. The molecule has 3 rings (SSSR count). The molecule has 1 unspecified atom stereocenters. The van der Waals surface area contributed by atoms with Crippen molar-refractivity contribution in [1.29, 1.82) is 0 Å². The van der Waals surface area contributed by atoms with Gasteiger partial charge in [-0.15, -0.1) is 0 Å². The lowest BCUT2D eigenvalue weighted by molar-refractivity contribution is -0.111. The Kier molecular flexibility index (Phi) is 2.91. The standard InChI is InChI=1S/C8H13NO.C4H6O/c1-9-7(6-10)2-3-8(9)4-5-8;5-3-4-1-2-4/h6-7H,2-5H2,1H3;3-4H,1-2H2. The van der Waals surface area contributed by atoms with Crippen molar-refractivity contribution in [3.8, 4) is 0 Å². The fraction of sp³-hybridized carbons (Fsp3) is 0.833. The van der Waals surface area contributed by atoms with Crippen molar-refractivity contribution < 1.29 is 9.59 Å². The van der Waals surface area contributed by atoms with Crippen LogP contribution in [-0.2, 0) is 9.59 Å². The lowest BCUT2D eigenvalue weighted by Gasteiger charge is -2.21. The van der Waals surface area contributed by atoms with E-state index in [2.05, 4.69) is 11.9 Å². The molecule has 1 heterocycles. The molecular weight excluding hydrogens is 190 g/mol. The molecule has 15 heavy (non-hydrogen) atoms. The van der Waals surface area contributed by atoms with Gasteiger partial charge in [-0.05, 0) is 45.6 Å². The van der Waals surface area contributed by atoms with Gasteiger partial charge in [-0.1, -0.05) is 0 Å². The quantitative estimate of drug-likeness (QED) is 0.645. The van der Waals surface area contributed by atoms with Crippen LogP contribution in [0.3, 0.4) is 0 Å². The third-order valence-corrected chi connectivity index (χ3v) is 3.95. The molecule has 1 aliphatic heterocycles. The van der Waals surface area contributed by atoms with Crippen LogP contribution in [0.5, 0.6) is 0 Å². The molecule has 0 N–H and O–H groups in total. The van der Waals surface area contributed by atoms with Crippen molar-refractivity contribution in [2.75, 3.05) is 7.05 Å². The summed E-state index contributed by atoms with van der Waals surface area (Å²) in [6, 6.07) is 0.225. The smallest absolute Gasteiger partial charge is 0.137 e. The van der Waals surface area contributed by atoms with Gasteiger partial charge in [0.25, 0.3) is 0 Å². The van der Waals surface area contributed by atoms with Crippen LogP contribution >= 0.6 is 0 Å². The number of hydrogen-bond donors (Lipinski definition) is 0. The molecule has 1 atom stereocenters. The largest absolute Gasteiger partial charge is 0.303 e. The Balaban J connectivity index is 0.000000144. The van der Waals surface area contributed by atoms with Crippen LogP contribution in [0.2, 0.25) is 0 Å². The predicted molar refractivity (Wildman–Crippen MR) is 57.6 cm³/mol. The number of nitrogens with zero attached hydrogens (tertiary/aromatic N) is 1. The number of likely N-dealkylation sites (tertiary alicyclic amines) is 1. The summed E-state index contributed by atoms with van der Waals surface area (Å²) < 4.78 is 0. The highest BCUT2D eigenvalue weighted by Gasteiger charge is 2.52. The van der Waals surface area contributed by atoms with Gasteiger partial charge in [0.05, 0.1) is 6.04 Å². The highest BCUT2D eigenvalue weighted by Crippen LogP contribution is 2.50. The van der Waals surface area contributed by atoms with Crippen molar-refractivity contribution in [1.82, 2.24) is 4.90 Å². The van der Waals surface area contributed by atoms with E-state index in [1.54, 1.807) is 0 Å². The Morgan fingerprint density at radius 1 is 1.07 bits per heavy atom. The fourth-order valence-corrected chi connectivity index (χ4v) is 2.28. The minimum Gasteiger partial charge on any atom is -0.303 e. The first kappa shape index (κ1) is 10.8. The van der Waals surface area contributed by atoms with E-state index >= 15 is 0 Å². The van der Waals surface area contributed by atoms with Gasteiger partial charge < -0.3 is 9.59 Å². The summed E-state index contributed by atoms with van der Waals surface area (Å²) in [5, 5.41) is 0. The third kappa shape index (κ3) is 2.28. The zero-order valence-electron chi connectivity index (χ0n) is 9.32. The number of hydrogen-bond acceptors (Lipinski definition) is 3. The molecule has 0 radical (unpaired) electrons. The predicted octanol–water partition coefficient (Wildman–Crippen LogP) is 1.41. The Hall–Kier alpha value is -0.700. The van der Waals surface area contributed by atoms with Crippen molar-refractivity contribution in [3.05, 3.63) is 0 Å². The van der Waals surface area contributed by atoms with Crippen LogP contribution in [0.4, 0.5) is 0 Å². The molecule has 2 aliphatic carbocycles. The zero-order valence-corrected chi connectivity index (χ0v) is 9.32. The lowest BCUT2D eigenvalue weighted by Crippen LogP contribution is -2.34. The van der Waals surface area contributed by atoms with Gasteiger partial charge in [-0.3, -0.25) is 4.90 Å². The minimum atomic E-state index is 0.225. The van der Waals surface area contributed by atoms with E-state index in [1.807, 2.05) is 0 Å². The van der Waals surface area contributed by atoms with Crippen LogP contribution in [0.15, 0.2) is 0 Å². The van der Waals surface area contributed by atoms with Crippen LogP contribution in [-0.4, -0.2) is 36.1 Å². The fourth-order valence-electron chi connectivity index (χ4n) is 2.28. The summed E-state index contributed by atoms with van der Waals surface area (Å²) in [7, 11) is 2.08. The Morgan fingerprint density at radius 2 is 1.73 bits per heavy atom. The maximum Gasteiger partial charge on any atom is 0.137 e. The molecule has 2 saturated carbocycles. The molecule has 84 valence electrons. The van der Waals surface area contributed by atoms with Crippen molar-refractivity contribution in [3.63, 3.8) is 0 Å². The van der Waals surface area contributed by atoms with Gasteiger partial charge in [0, 0.05) is 11.5 Å². The highest BCUT2D eigenvalue weighted by atomic mass is 16.1. The van der Waals surface area contributed by atoms with Gasteiger partial charge in [0.15, 0.2) is 0 Å². The number of likely N-dealkylation sites (N-methyl/N-ethyl adjacent to an activating group) is 1. The number of aldehydes is 2. The van der Waals surface area contributed by atoms with E-state index in [9.17, 15) is 9.59 Å². The monoisotopic (exact) mass is 209 g/mol.